The fraction of sp³-hybridized carbons (Fsp3) is 0.400. The van der Waals surface area contributed by atoms with Gasteiger partial charge in [-0.3, -0.25) is 0 Å². The van der Waals surface area contributed by atoms with Gasteiger partial charge in [0.15, 0.2) is 4.80 Å². The molecule has 0 amide bonds. The zero-order valence-corrected chi connectivity index (χ0v) is 20.9. The van der Waals surface area contributed by atoms with Gasteiger partial charge in [0.2, 0.25) is 10.0 Å². The summed E-state index contributed by atoms with van der Waals surface area (Å²) in [6, 6.07) is 15.5. The zero-order chi connectivity index (χ0) is 23.3. The maximum absolute atomic E-state index is 13.0. The molecular formula is C25H31N3O3S2. The van der Waals surface area contributed by atoms with Gasteiger partial charge < -0.3 is 9.30 Å². The number of thiazole rings is 1. The molecule has 0 atom stereocenters. The van der Waals surface area contributed by atoms with Crippen LogP contribution in [0.25, 0.3) is 11.3 Å². The number of unbranched alkanes of at least 4 members (excludes halogenated alkanes) is 2. The van der Waals surface area contributed by atoms with E-state index in [1.807, 2.05) is 24.3 Å². The maximum Gasteiger partial charge on any atom is 0.243 e. The molecule has 2 aromatic carbocycles. The molecule has 176 valence electrons. The molecule has 0 spiro atoms. The van der Waals surface area contributed by atoms with Gasteiger partial charge in [-0.25, -0.2) is 13.4 Å². The number of benzene rings is 2. The SMILES string of the molecule is CCCCCn1c(-c2ccc(S(=O)(=O)N3CCOCC3)cc2)csc1=Nc1ccc(C)cc1. The first-order valence-electron chi connectivity index (χ1n) is 11.5. The van der Waals surface area contributed by atoms with Gasteiger partial charge in [-0.15, -0.1) is 11.3 Å². The van der Waals surface area contributed by atoms with Crippen molar-refractivity contribution in [1.82, 2.24) is 8.87 Å². The van der Waals surface area contributed by atoms with E-state index in [0.29, 0.717) is 31.2 Å². The summed E-state index contributed by atoms with van der Waals surface area (Å²) in [5.74, 6) is 0. The number of rotatable bonds is 8. The Morgan fingerprint density at radius 1 is 1.00 bits per heavy atom. The van der Waals surface area contributed by atoms with Gasteiger partial charge in [0, 0.05) is 25.0 Å². The highest BCUT2D eigenvalue weighted by molar-refractivity contribution is 7.89. The molecule has 4 rings (SSSR count). The van der Waals surface area contributed by atoms with Crippen LogP contribution in [0.3, 0.4) is 0 Å². The lowest BCUT2D eigenvalue weighted by molar-refractivity contribution is 0.0730. The van der Waals surface area contributed by atoms with Crippen LogP contribution in [0.15, 0.2) is 63.8 Å². The largest absolute Gasteiger partial charge is 0.379 e. The van der Waals surface area contributed by atoms with Gasteiger partial charge in [0.25, 0.3) is 0 Å². The van der Waals surface area contributed by atoms with Gasteiger partial charge >= 0.3 is 0 Å². The number of aryl methyl sites for hydroxylation is 1. The Morgan fingerprint density at radius 2 is 1.70 bits per heavy atom. The predicted octanol–water partition coefficient (Wildman–Crippen LogP) is 4.97. The van der Waals surface area contributed by atoms with E-state index in [1.54, 1.807) is 23.5 Å². The maximum atomic E-state index is 13.0. The van der Waals surface area contributed by atoms with Crippen LogP contribution in [0.1, 0.15) is 31.7 Å². The van der Waals surface area contributed by atoms with Crippen molar-refractivity contribution in [3.8, 4) is 11.3 Å². The van der Waals surface area contributed by atoms with E-state index < -0.39 is 10.0 Å². The molecule has 6 nitrogen and oxygen atoms in total. The van der Waals surface area contributed by atoms with Crippen LogP contribution < -0.4 is 4.80 Å². The number of morpholine rings is 1. The van der Waals surface area contributed by atoms with E-state index >= 15 is 0 Å². The molecule has 2 heterocycles. The van der Waals surface area contributed by atoms with E-state index in [1.165, 1.54) is 9.87 Å². The Labute approximate surface area is 200 Å². The Hall–Kier alpha value is -2.26. The van der Waals surface area contributed by atoms with Crippen LogP contribution in [0.2, 0.25) is 0 Å². The average Bonchev–Trinajstić information content (AvgIpc) is 3.23. The highest BCUT2D eigenvalue weighted by Crippen LogP contribution is 2.25. The topological polar surface area (TPSA) is 63.9 Å². The lowest BCUT2D eigenvalue weighted by Gasteiger charge is -2.26. The van der Waals surface area contributed by atoms with E-state index in [0.717, 1.165) is 47.6 Å². The second-order valence-electron chi connectivity index (χ2n) is 8.25. The number of hydrogen-bond acceptors (Lipinski definition) is 5. The first kappa shape index (κ1) is 23.9. The van der Waals surface area contributed by atoms with Crippen molar-refractivity contribution in [2.45, 2.75) is 44.6 Å². The van der Waals surface area contributed by atoms with Crippen LogP contribution in [0, 0.1) is 6.92 Å². The predicted molar refractivity (Wildman–Crippen MR) is 133 cm³/mol. The van der Waals surface area contributed by atoms with Crippen LogP contribution in [0.4, 0.5) is 5.69 Å². The molecular weight excluding hydrogens is 454 g/mol. The molecule has 0 bridgehead atoms. The summed E-state index contributed by atoms with van der Waals surface area (Å²) >= 11 is 1.62. The minimum absolute atomic E-state index is 0.325. The lowest BCUT2D eigenvalue weighted by Crippen LogP contribution is -2.40. The summed E-state index contributed by atoms with van der Waals surface area (Å²) in [6.45, 7) is 6.83. The number of aromatic nitrogens is 1. The Balaban J connectivity index is 1.66. The van der Waals surface area contributed by atoms with Crippen LogP contribution in [0.5, 0.6) is 0 Å². The second kappa shape index (κ2) is 10.8. The van der Waals surface area contributed by atoms with Gasteiger partial charge in [-0.1, -0.05) is 49.6 Å². The quantitative estimate of drug-likeness (QED) is 0.423. The summed E-state index contributed by atoms with van der Waals surface area (Å²) in [5.41, 5.74) is 4.21. The molecule has 0 saturated carbocycles. The zero-order valence-electron chi connectivity index (χ0n) is 19.2. The number of sulfonamides is 1. The van der Waals surface area contributed by atoms with Gasteiger partial charge in [0.1, 0.15) is 0 Å². The molecule has 0 aliphatic carbocycles. The normalized spacial score (nSPS) is 15.8. The molecule has 8 heteroatoms. The van der Waals surface area contributed by atoms with E-state index in [2.05, 4.69) is 35.9 Å². The van der Waals surface area contributed by atoms with Crippen molar-refractivity contribution < 1.29 is 13.2 Å². The third kappa shape index (κ3) is 5.63. The summed E-state index contributed by atoms with van der Waals surface area (Å²) in [5, 5.41) is 2.12. The minimum Gasteiger partial charge on any atom is -0.379 e. The fourth-order valence-electron chi connectivity index (χ4n) is 3.85. The van der Waals surface area contributed by atoms with Crippen molar-refractivity contribution in [3.05, 3.63) is 64.3 Å². The van der Waals surface area contributed by atoms with Crippen LogP contribution >= 0.6 is 11.3 Å². The van der Waals surface area contributed by atoms with Crippen LogP contribution in [-0.4, -0.2) is 43.6 Å². The van der Waals surface area contributed by atoms with E-state index in [-0.39, 0.29) is 0 Å². The molecule has 1 aliphatic rings. The fourth-order valence-corrected chi connectivity index (χ4v) is 6.21. The standard InChI is InChI=1S/C25H31N3O3S2/c1-3-4-5-14-28-24(19-32-25(28)26-22-10-6-20(2)7-11-22)21-8-12-23(13-9-21)33(29,30)27-15-17-31-18-16-27/h6-13,19H,3-5,14-18H2,1-2H3. The summed E-state index contributed by atoms with van der Waals surface area (Å²) < 4.78 is 35.0. The minimum atomic E-state index is -3.50. The van der Waals surface area contributed by atoms with Gasteiger partial charge in [0.05, 0.1) is 29.5 Å². The highest BCUT2D eigenvalue weighted by Gasteiger charge is 2.26. The molecule has 3 aromatic rings. The van der Waals surface area contributed by atoms with Crippen LogP contribution in [-0.2, 0) is 21.3 Å². The monoisotopic (exact) mass is 485 g/mol. The molecule has 1 aromatic heterocycles. The Kier molecular flexibility index (Phi) is 7.80. The van der Waals surface area contributed by atoms with E-state index in [9.17, 15) is 8.42 Å². The third-order valence-electron chi connectivity index (χ3n) is 5.80. The Morgan fingerprint density at radius 3 is 2.36 bits per heavy atom. The molecule has 0 unspecified atom stereocenters. The summed E-state index contributed by atoms with van der Waals surface area (Å²) in [6.07, 6.45) is 3.38. The van der Waals surface area contributed by atoms with Gasteiger partial charge in [-0.05, 0) is 43.2 Å². The molecule has 1 saturated heterocycles. The first-order valence-corrected chi connectivity index (χ1v) is 13.8. The van der Waals surface area contributed by atoms with Crippen molar-refractivity contribution in [1.29, 1.82) is 0 Å². The Bertz CT molecular complexity index is 1220. The number of ether oxygens (including phenoxy) is 1. The highest BCUT2D eigenvalue weighted by atomic mass is 32.2. The van der Waals surface area contributed by atoms with Crippen molar-refractivity contribution in [3.63, 3.8) is 0 Å². The van der Waals surface area contributed by atoms with Crippen molar-refractivity contribution in [2.24, 2.45) is 4.99 Å². The number of nitrogens with zero attached hydrogens (tertiary/aromatic N) is 3. The van der Waals surface area contributed by atoms with Crippen molar-refractivity contribution >= 4 is 27.0 Å². The molecule has 0 radical (unpaired) electrons. The van der Waals surface area contributed by atoms with Gasteiger partial charge in [-0.2, -0.15) is 4.31 Å². The third-order valence-corrected chi connectivity index (χ3v) is 8.58. The van der Waals surface area contributed by atoms with E-state index in [4.69, 9.17) is 9.73 Å². The number of hydrogen-bond donors (Lipinski definition) is 0. The second-order valence-corrected chi connectivity index (χ2v) is 11.0. The average molecular weight is 486 g/mol. The molecule has 1 fully saturated rings. The smallest absolute Gasteiger partial charge is 0.243 e. The lowest BCUT2D eigenvalue weighted by atomic mass is 10.1. The molecule has 0 N–H and O–H groups in total. The summed E-state index contributed by atoms with van der Waals surface area (Å²) in [7, 11) is -3.50. The van der Waals surface area contributed by atoms with Crippen molar-refractivity contribution in [2.75, 3.05) is 26.3 Å². The molecule has 1 aliphatic heterocycles. The summed E-state index contributed by atoms with van der Waals surface area (Å²) in [4.78, 5) is 6.17. The first-order chi connectivity index (χ1) is 16.0. The molecule has 33 heavy (non-hydrogen) atoms.